The number of thiazole rings is 1. The largest absolute Gasteiger partial charge is 0.504 e. The van der Waals surface area contributed by atoms with Gasteiger partial charge in [0.15, 0.2) is 22.3 Å². The average Bonchev–Trinajstić information content (AvgIpc) is 3.63. The summed E-state index contributed by atoms with van der Waals surface area (Å²) in [6.07, 6.45) is 1.56. The van der Waals surface area contributed by atoms with Crippen molar-refractivity contribution in [3.8, 4) is 22.8 Å². The van der Waals surface area contributed by atoms with Crippen LogP contribution >= 0.6 is 34.9 Å². The number of carboxylic acid groups (broad SMARTS) is 1. The lowest BCUT2D eigenvalue weighted by Gasteiger charge is -2.49. The number of thioether (sulfide) groups is 2. The van der Waals surface area contributed by atoms with Crippen molar-refractivity contribution in [3.05, 3.63) is 58.9 Å². The highest BCUT2D eigenvalue weighted by Crippen LogP contribution is 2.42. The minimum atomic E-state index is -1.29. The van der Waals surface area contributed by atoms with Crippen molar-refractivity contribution in [2.24, 2.45) is 0 Å². The molecule has 1 saturated heterocycles. The van der Waals surface area contributed by atoms with E-state index in [9.17, 15) is 34.5 Å². The maximum absolute atomic E-state index is 13.0. The number of carboxylic acids is 1. The number of phenolic OH excluding ortho intramolecular Hbond substituents is 2. The molecule has 2 atom stereocenters. The first-order valence-electron chi connectivity index (χ1n) is 12.1. The van der Waals surface area contributed by atoms with Gasteiger partial charge in [-0.25, -0.2) is 19.3 Å². The van der Waals surface area contributed by atoms with E-state index in [-0.39, 0.29) is 39.5 Å². The summed E-state index contributed by atoms with van der Waals surface area (Å²) >= 11 is 3.56. The van der Waals surface area contributed by atoms with Crippen LogP contribution in [0.15, 0.2) is 58.2 Å². The monoisotopic (exact) mass is 625 g/mol. The standard InChI is InChI=1S/C25H19N7O7S3/c26-25-29-13(9-42-25)20(35)21(36)30-18-22(37)31-19(24(38)39)11(8-41-23(18)31)7-40-17-6-12(28-16-3-4-27-32(16)17)10-1-2-14(33)15(34)5-10/h1-6,9,18,23,33-34H,7-8H2,(H2,26,29)(H,30,36)(H,38,39)/t18-,23-/m1/s1. The number of hydrogen-bond acceptors (Lipinski definition) is 13. The van der Waals surface area contributed by atoms with E-state index in [1.165, 1.54) is 41.0 Å². The third-order valence-corrected chi connectivity index (χ3v) is 9.58. The van der Waals surface area contributed by atoms with Crippen molar-refractivity contribution < 1.29 is 34.5 Å². The summed E-state index contributed by atoms with van der Waals surface area (Å²) in [6, 6.07) is 6.68. The predicted molar refractivity (Wildman–Crippen MR) is 153 cm³/mol. The Morgan fingerprint density at radius 2 is 1.95 bits per heavy atom. The number of nitrogens with one attached hydrogen (secondary N) is 1. The fourth-order valence-corrected chi connectivity index (χ4v) is 7.53. The number of aromatic nitrogens is 4. The van der Waals surface area contributed by atoms with Gasteiger partial charge in [0.1, 0.15) is 27.8 Å². The topological polar surface area (TPSA) is 213 Å². The summed E-state index contributed by atoms with van der Waals surface area (Å²) in [4.78, 5) is 59.6. The number of aliphatic carboxylic acids is 1. The normalized spacial score (nSPS) is 18.1. The molecular formula is C25H19N7O7S3. The number of hydrogen-bond donors (Lipinski definition) is 5. The second-order valence-electron chi connectivity index (χ2n) is 9.09. The molecule has 6 N–H and O–H groups in total. The quantitative estimate of drug-likeness (QED) is 0.0470. The van der Waals surface area contributed by atoms with E-state index in [1.807, 2.05) is 0 Å². The van der Waals surface area contributed by atoms with Crippen LogP contribution in [0.25, 0.3) is 16.9 Å². The van der Waals surface area contributed by atoms with Crippen molar-refractivity contribution in [1.82, 2.24) is 29.8 Å². The smallest absolute Gasteiger partial charge is 0.352 e. The Labute approximate surface area is 248 Å². The molecule has 1 fully saturated rings. The molecule has 214 valence electrons. The number of carbonyl (C=O) groups excluding carboxylic acids is 3. The molecule has 1 aromatic carbocycles. The molecule has 3 aromatic heterocycles. The summed E-state index contributed by atoms with van der Waals surface area (Å²) in [5, 5.41) is 37.7. The zero-order chi connectivity index (χ0) is 29.7. The number of carbonyl (C=O) groups is 4. The van der Waals surface area contributed by atoms with Crippen LogP contribution in [-0.4, -0.2) is 86.3 Å². The van der Waals surface area contributed by atoms with Gasteiger partial charge in [0.2, 0.25) is 0 Å². The molecule has 0 aliphatic carbocycles. The average molecular weight is 626 g/mol. The van der Waals surface area contributed by atoms with Crippen LogP contribution in [0, 0.1) is 0 Å². The molecule has 6 rings (SSSR count). The molecule has 0 radical (unpaired) electrons. The zero-order valence-corrected chi connectivity index (χ0v) is 23.6. The third-order valence-electron chi connectivity index (χ3n) is 6.49. The van der Waals surface area contributed by atoms with E-state index in [0.717, 1.165) is 16.2 Å². The lowest BCUT2D eigenvalue weighted by atomic mass is 10.0. The summed E-state index contributed by atoms with van der Waals surface area (Å²) < 4.78 is 1.58. The molecule has 2 amide bonds. The minimum absolute atomic E-state index is 0.123. The first-order chi connectivity index (χ1) is 20.1. The van der Waals surface area contributed by atoms with Crippen LogP contribution in [0.1, 0.15) is 10.5 Å². The molecule has 0 saturated carbocycles. The number of amides is 2. The SMILES string of the molecule is Nc1nc(C(=O)C(=O)N[C@@H]2C(=O)N3C(C(=O)O)=C(CSc4cc(-c5ccc(O)c(O)c5)nc5ccnn45)CS[C@H]23)cs1. The molecule has 2 aliphatic rings. The van der Waals surface area contributed by atoms with Crippen LogP contribution in [-0.2, 0) is 14.4 Å². The fraction of sp³-hybridized carbons (Fsp3) is 0.160. The number of nitrogens with two attached hydrogens (primary N) is 1. The highest BCUT2D eigenvalue weighted by atomic mass is 32.2. The number of nitrogens with zero attached hydrogens (tertiary/aromatic N) is 5. The Kier molecular flexibility index (Phi) is 6.99. The van der Waals surface area contributed by atoms with E-state index in [2.05, 4.69) is 20.4 Å². The summed E-state index contributed by atoms with van der Waals surface area (Å²) in [6.45, 7) is 0. The number of phenols is 2. The first-order valence-corrected chi connectivity index (χ1v) is 15.0. The van der Waals surface area contributed by atoms with Crippen molar-refractivity contribution in [2.45, 2.75) is 16.4 Å². The number of anilines is 1. The van der Waals surface area contributed by atoms with Gasteiger partial charge in [0, 0.05) is 28.5 Å². The van der Waals surface area contributed by atoms with E-state index >= 15 is 0 Å². The highest BCUT2D eigenvalue weighted by molar-refractivity contribution is 8.01. The lowest BCUT2D eigenvalue weighted by Crippen LogP contribution is -2.71. The number of fused-ring (bicyclic) bond motifs is 2. The lowest BCUT2D eigenvalue weighted by molar-refractivity contribution is -0.150. The van der Waals surface area contributed by atoms with Crippen LogP contribution in [0.4, 0.5) is 5.13 Å². The number of nitrogen functional groups attached to an aromatic ring is 1. The number of aromatic hydroxyl groups is 2. The predicted octanol–water partition coefficient (Wildman–Crippen LogP) is 1.56. The van der Waals surface area contributed by atoms with Crippen molar-refractivity contribution in [2.75, 3.05) is 17.2 Å². The van der Waals surface area contributed by atoms with E-state index in [4.69, 9.17) is 5.73 Å². The van der Waals surface area contributed by atoms with Gasteiger partial charge in [-0.3, -0.25) is 19.3 Å². The highest BCUT2D eigenvalue weighted by Gasteiger charge is 2.54. The molecule has 14 nitrogen and oxygen atoms in total. The Bertz CT molecular complexity index is 1840. The second kappa shape index (κ2) is 10.7. The molecule has 42 heavy (non-hydrogen) atoms. The van der Waals surface area contributed by atoms with Gasteiger partial charge in [0.05, 0.1) is 11.9 Å². The van der Waals surface area contributed by atoms with Gasteiger partial charge in [-0.1, -0.05) is 0 Å². The van der Waals surface area contributed by atoms with Crippen LogP contribution in [0.2, 0.25) is 0 Å². The molecule has 0 unspecified atom stereocenters. The number of rotatable bonds is 8. The summed E-state index contributed by atoms with van der Waals surface area (Å²) in [5.74, 6) is -4.00. The van der Waals surface area contributed by atoms with Crippen molar-refractivity contribution in [1.29, 1.82) is 0 Å². The van der Waals surface area contributed by atoms with Crippen molar-refractivity contribution >= 4 is 69.2 Å². The molecule has 5 heterocycles. The number of ketones is 1. The van der Waals surface area contributed by atoms with Crippen LogP contribution in [0.5, 0.6) is 11.5 Å². The van der Waals surface area contributed by atoms with E-state index < -0.39 is 35.0 Å². The maximum Gasteiger partial charge on any atom is 0.352 e. The Balaban J connectivity index is 1.22. The van der Waals surface area contributed by atoms with Crippen LogP contribution in [0.3, 0.4) is 0 Å². The molecule has 0 bridgehead atoms. The second-order valence-corrected chi connectivity index (χ2v) is 12.1. The number of benzene rings is 1. The van der Waals surface area contributed by atoms with E-state index in [0.29, 0.717) is 27.5 Å². The van der Waals surface area contributed by atoms with Gasteiger partial charge in [-0.05, 0) is 29.8 Å². The Morgan fingerprint density at radius 3 is 2.67 bits per heavy atom. The van der Waals surface area contributed by atoms with Gasteiger partial charge >= 0.3 is 5.97 Å². The zero-order valence-electron chi connectivity index (χ0n) is 21.1. The van der Waals surface area contributed by atoms with Gasteiger partial charge < -0.3 is 26.4 Å². The fourth-order valence-electron chi connectivity index (χ4n) is 4.49. The maximum atomic E-state index is 13.0. The molecule has 4 aromatic rings. The first kappa shape index (κ1) is 27.6. The Hall–Kier alpha value is -4.61. The minimum Gasteiger partial charge on any atom is -0.504 e. The summed E-state index contributed by atoms with van der Waals surface area (Å²) in [5.41, 5.74) is 7.27. The summed E-state index contributed by atoms with van der Waals surface area (Å²) in [7, 11) is 0. The molecule has 17 heteroatoms. The molecular weight excluding hydrogens is 607 g/mol. The number of β-lactam (4-membered cyclic amide) rings is 1. The molecule has 0 spiro atoms. The van der Waals surface area contributed by atoms with Crippen LogP contribution < -0.4 is 11.1 Å². The van der Waals surface area contributed by atoms with Crippen molar-refractivity contribution in [3.63, 3.8) is 0 Å². The third kappa shape index (κ3) is 4.80. The van der Waals surface area contributed by atoms with Gasteiger partial charge in [-0.2, -0.15) is 5.10 Å². The number of Topliss-reactive ketones (excluding diaryl/α,β-unsaturated/α-hetero) is 1. The molecule has 2 aliphatic heterocycles. The van der Waals surface area contributed by atoms with Gasteiger partial charge in [0.25, 0.3) is 17.6 Å². The van der Waals surface area contributed by atoms with Gasteiger partial charge in [-0.15, -0.1) is 34.9 Å². The van der Waals surface area contributed by atoms with E-state index in [1.54, 1.807) is 28.9 Å². The Morgan fingerprint density at radius 1 is 1.14 bits per heavy atom.